The first-order valence-electron chi connectivity index (χ1n) is 11.4. The van der Waals surface area contributed by atoms with Crippen LogP contribution in [0.1, 0.15) is 34.4 Å². The Labute approximate surface area is 200 Å². The summed E-state index contributed by atoms with van der Waals surface area (Å²) in [5.41, 5.74) is 1.68. The standard InChI is InChI=1S/C23H27N5O5S/c29-13-17(21(30)14-4-6-15(7-5-14)28(31)32)24-22-20-16-2-1-3-18(16)34-23(20)26-19(25-22)12-27-8-10-33-11-9-27/h4-7,17,21,29-30H,1-3,8-13H2,(H,24,25,26). The Morgan fingerprint density at radius 2 is 1.97 bits per heavy atom. The zero-order chi connectivity index (χ0) is 23.7. The Bertz CT molecular complexity index is 1180. The average Bonchev–Trinajstić information content (AvgIpc) is 3.44. The van der Waals surface area contributed by atoms with Crippen LogP contribution in [0.5, 0.6) is 0 Å². The fourth-order valence-electron chi connectivity index (χ4n) is 4.60. The number of nitro groups is 1. The second-order valence-electron chi connectivity index (χ2n) is 8.64. The number of non-ortho nitro benzene ring substituents is 1. The number of nitro benzene ring substituents is 1. The quantitative estimate of drug-likeness (QED) is 0.325. The third-order valence-corrected chi connectivity index (χ3v) is 7.61. The topological polar surface area (TPSA) is 134 Å². The highest BCUT2D eigenvalue weighted by Gasteiger charge is 2.27. The van der Waals surface area contributed by atoms with Gasteiger partial charge in [0.05, 0.1) is 42.7 Å². The van der Waals surface area contributed by atoms with Gasteiger partial charge < -0.3 is 20.3 Å². The number of benzene rings is 1. The van der Waals surface area contributed by atoms with Crippen molar-refractivity contribution in [3.8, 4) is 0 Å². The molecule has 0 amide bonds. The van der Waals surface area contributed by atoms with Crippen molar-refractivity contribution >= 4 is 33.1 Å². The van der Waals surface area contributed by atoms with Gasteiger partial charge in [-0.1, -0.05) is 0 Å². The number of anilines is 1. The van der Waals surface area contributed by atoms with Crippen LogP contribution in [0.2, 0.25) is 0 Å². The van der Waals surface area contributed by atoms with Gasteiger partial charge in [-0.05, 0) is 42.5 Å². The van der Waals surface area contributed by atoms with E-state index in [1.54, 1.807) is 11.3 Å². The van der Waals surface area contributed by atoms with Crippen molar-refractivity contribution in [1.29, 1.82) is 0 Å². The molecule has 1 saturated heterocycles. The van der Waals surface area contributed by atoms with Gasteiger partial charge in [0, 0.05) is 30.1 Å². The molecular weight excluding hydrogens is 458 g/mol. The smallest absolute Gasteiger partial charge is 0.269 e. The third-order valence-electron chi connectivity index (χ3n) is 6.43. The van der Waals surface area contributed by atoms with Gasteiger partial charge in [-0.2, -0.15) is 0 Å². The molecule has 0 saturated carbocycles. The van der Waals surface area contributed by atoms with E-state index in [1.165, 1.54) is 34.7 Å². The summed E-state index contributed by atoms with van der Waals surface area (Å²) in [7, 11) is 0. The summed E-state index contributed by atoms with van der Waals surface area (Å²) in [4.78, 5) is 24.7. The Hall–Kier alpha value is -2.70. The maximum Gasteiger partial charge on any atom is 0.269 e. The number of ether oxygens (including phenoxy) is 1. The first kappa shape index (κ1) is 23.1. The van der Waals surface area contributed by atoms with Crippen LogP contribution in [-0.2, 0) is 24.1 Å². The maximum absolute atomic E-state index is 11.0. The van der Waals surface area contributed by atoms with Crippen LogP contribution in [0.15, 0.2) is 24.3 Å². The predicted molar refractivity (Wildman–Crippen MR) is 128 cm³/mol. The molecule has 1 aromatic carbocycles. The lowest BCUT2D eigenvalue weighted by atomic mass is 10.0. The number of rotatable bonds is 8. The molecule has 2 aliphatic rings. The summed E-state index contributed by atoms with van der Waals surface area (Å²) in [6, 6.07) is 4.97. The highest BCUT2D eigenvalue weighted by Crippen LogP contribution is 2.40. The lowest BCUT2D eigenvalue weighted by Crippen LogP contribution is -2.36. The normalized spacial score (nSPS) is 18.1. The molecule has 0 spiro atoms. The molecule has 1 aliphatic heterocycles. The number of hydrogen-bond donors (Lipinski definition) is 3. The SMILES string of the molecule is O=[N+]([O-])c1ccc(C(O)C(CO)Nc2nc(CN3CCOCC3)nc3sc4c(c23)CCC4)cc1. The number of nitrogens with zero attached hydrogens (tertiary/aromatic N) is 4. The van der Waals surface area contributed by atoms with Gasteiger partial charge in [0.25, 0.3) is 5.69 Å². The van der Waals surface area contributed by atoms with Crippen molar-refractivity contribution < 1.29 is 19.9 Å². The third kappa shape index (κ3) is 4.62. The van der Waals surface area contributed by atoms with Crippen molar-refractivity contribution in [3.05, 3.63) is 56.2 Å². The summed E-state index contributed by atoms with van der Waals surface area (Å²) in [5, 5.41) is 36.3. The summed E-state index contributed by atoms with van der Waals surface area (Å²) < 4.78 is 5.44. The first-order chi connectivity index (χ1) is 16.5. The monoisotopic (exact) mass is 485 g/mol. The molecule has 0 bridgehead atoms. The summed E-state index contributed by atoms with van der Waals surface area (Å²) >= 11 is 1.70. The van der Waals surface area contributed by atoms with Gasteiger partial charge in [-0.15, -0.1) is 11.3 Å². The van der Waals surface area contributed by atoms with E-state index in [2.05, 4.69) is 10.2 Å². The second kappa shape index (κ2) is 9.88. The number of thiophene rings is 1. The lowest BCUT2D eigenvalue weighted by molar-refractivity contribution is -0.384. The molecule has 2 unspecified atom stereocenters. The Balaban J connectivity index is 1.45. The van der Waals surface area contributed by atoms with Crippen molar-refractivity contribution in [1.82, 2.24) is 14.9 Å². The second-order valence-corrected chi connectivity index (χ2v) is 9.72. The highest BCUT2D eigenvalue weighted by molar-refractivity contribution is 7.19. The van der Waals surface area contributed by atoms with Gasteiger partial charge in [-0.3, -0.25) is 15.0 Å². The molecule has 3 aromatic rings. The minimum atomic E-state index is -1.08. The van der Waals surface area contributed by atoms with Crippen LogP contribution in [0.3, 0.4) is 0 Å². The fraction of sp³-hybridized carbons (Fsp3) is 0.478. The Kier molecular flexibility index (Phi) is 6.70. The first-order valence-corrected chi connectivity index (χ1v) is 12.3. The van der Waals surface area contributed by atoms with E-state index >= 15 is 0 Å². The highest BCUT2D eigenvalue weighted by atomic mass is 32.1. The van der Waals surface area contributed by atoms with Gasteiger partial charge in [-0.25, -0.2) is 9.97 Å². The number of aromatic nitrogens is 2. The van der Waals surface area contributed by atoms with E-state index in [-0.39, 0.29) is 12.3 Å². The maximum atomic E-state index is 11.0. The van der Waals surface area contributed by atoms with Gasteiger partial charge >= 0.3 is 0 Å². The number of aryl methyl sites for hydroxylation is 2. The average molecular weight is 486 g/mol. The summed E-state index contributed by atoms with van der Waals surface area (Å²) in [5.74, 6) is 1.31. The molecule has 0 radical (unpaired) electrons. The molecule has 1 fully saturated rings. The van der Waals surface area contributed by atoms with E-state index in [1.807, 2.05) is 0 Å². The van der Waals surface area contributed by atoms with E-state index in [4.69, 9.17) is 14.7 Å². The Morgan fingerprint density at radius 3 is 2.68 bits per heavy atom. The molecule has 10 nitrogen and oxygen atoms in total. The molecule has 3 heterocycles. The molecule has 180 valence electrons. The van der Waals surface area contributed by atoms with Crippen LogP contribution >= 0.6 is 11.3 Å². The van der Waals surface area contributed by atoms with Gasteiger partial charge in [0.2, 0.25) is 0 Å². The van der Waals surface area contributed by atoms with E-state index < -0.39 is 17.1 Å². The lowest BCUT2D eigenvalue weighted by Gasteiger charge is -2.26. The number of aliphatic hydroxyl groups excluding tert-OH is 2. The zero-order valence-electron chi connectivity index (χ0n) is 18.6. The molecule has 2 atom stereocenters. The largest absolute Gasteiger partial charge is 0.394 e. The van der Waals surface area contributed by atoms with Crippen molar-refractivity contribution in [2.75, 3.05) is 38.2 Å². The van der Waals surface area contributed by atoms with Crippen LogP contribution in [0.4, 0.5) is 11.5 Å². The number of hydrogen-bond acceptors (Lipinski definition) is 10. The molecule has 11 heteroatoms. The number of morpholine rings is 1. The van der Waals surface area contributed by atoms with E-state index in [0.717, 1.165) is 42.6 Å². The van der Waals surface area contributed by atoms with Crippen LogP contribution in [0.25, 0.3) is 10.2 Å². The molecule has 3 N–H and O–H groups in total. The van der Waals surface area contributed by atoms with Crippen LogP contribution in [-0.4, -0.2) is 69.0 Å². The van der Waals surface area contributed by atoms with E-state index in [9.17, 15) is 20.3 Å². The fourth-order valence-corrected chi connectivity index (χ4v) is 5.88. The molecular formula is C23H27N5O5S. The number of fused-ring (bicyclic) bond motifs is 3. The molecule has 34 heavy (non-hydrogen) atoms. The number of aliphatic hydroxyl groups is 2. The van der Waals surface area contributed by atoms with Crippen molar-refractivity contribution in [2.24, 2.45) is 0 Å². The summed E-state index contributed by atoms with van der Waals surface area (Å²) in [6.07, 6.45) is 2.01. The molecule has 2 aromatic heterocycles. The van der Waals surface area contributed by atoms with Crippen LogP contribution < -0.4 is 5.32 Å². The van der Waals surface area contributed by atoms with Gasteiger partial charge in [0.15, 0.2) is 0 Å². The summed E-state index contributed by atoms with van der Waals surface area (Å²) in [6.45, 7) is 3.29. The minimum Gasteiger partial charge on any atom is -0.394 e. The van der Waals surface area contributed by atoms with Crippen LogP contribution in [0, 0.1) is 10.1 Å². The predicted octanol–water partition coefficient (Wildman–Crippen LogP) is 2.43. The number of nitrogens with one attached hydrogen (secondary N) is 1. The van der Waals surface area contributed by atoms with Crippen molar-refractivity contribution in [2.45, 2.75) is 38.0 Å². The molecule has 5 rings (SSSR count). The Morgan fingerprint density at radius 1 is 1.21 bits per heavy atom. The van der Waals surface area contributed by atoms with Gasteiger partial charge in [0.1, 0.15) is 22.6 Å². The van der Waals surface area contributed by atoms with Crippen molar-refractivity contribution in [3.63, 3.8) is 0 Å². The molecule has 1 aliphatic carbocycles. The zero-order valence-corrected chi connectivity index (χ0v) is 19.5. The van der Waals surface area contributed by atoms with E-state index in [0.29, 0.717) is 37.0 Å². The minimum absolute atomic E-state index is 0.0523.